The SMILES string of the molecule is CC(C)C(=O)CCc1c(Br)cnn1C. The molecule has 0 saturated heterocycles. The highest BCUT2D eigenvalue weighted by Gasteiger charge is 2.11. The minimum absolute atomic E-state index is 0.127. The molecule has 1 rings (SSSR count). The van der Waals surface area contributed by atoms with E-state index in [1.54, 1.807) is 10.9 Å². The largest absolute Gasteiger partial charge is 0.299 e. The fraction of sp³-hybridized carbons (Fsp3) is 0.600. The first-order valence-corrected chi connectivity index (χ1v) is 5.50. The Hall–Kier alpha value is -0.640. The van der Waals surface area contributed by atoms with Crippen LogP contribution in [0.4, 0.5) is 0 Å². The van der Waals surface area contributed by atoms with Crippen LogP contribution in [0.2, 0.25) is 0 Å². The first-order valence-electron chi connectivity index (χ1n) is 4.71. The molecule has 0 aliphatic heterocycles. The van der Waals surface area contributed by atoms with Crippen LogP contribution in [0.3, 0.4) is 0 Å². The van der Waals surface area contributed by atoms with Crippen LogP contribution in [-0.2, 0) is 18.3 Å². The summed E-state index contributed by atoms with van der Waals surface area (Å²) in [5, 5.41) is 4.10. The highest BCUT2D eigenvalue weighted by Crippen LogP contribution is 2.17. The summed E-state index contributed by atoms with van der Waals surface area (Å²) in [6, 6.07) is 0. The first kappa shape index (κ1) is 11.4. The lowest BCUT2D eigenvalue weighted by Crippen LogP contribution is -2.09. The van der Waals surface area contributed by atoms with E-state index in [0.29, 0.717) is 12.2 Å². The van der Waals surface area contributed by atoms with Crippen molar-refractivity contribution in [2.24, 2.45) is 13.0 Å². The maximum atomic E-state index is 11.4. The van der Waals surface area contributed by atoms with Crippen LogP contribution in [0, 0.1) is 5.92 Å². The number of hydrogen-bond acceptors (Lipinski definition) is 2. The Morgan fingerprint density at radius 1 is 1.64 bits per heavy atom. The Balaban J connectivity index is 2.58. The summed E-state index contributed by atoms with van der Waals surface area (Å²) in [6.45, 7) is 3.86. The fourth-order valence-electron chi connectivity index (χ4n) is 1.25. The second kappa shape index (κ2) is 4.73. The molecular formula is C10H15BrN2O. The van der Waals surface area contributed by atoms with Crippen molar-refractivity contribution in [1.29, 1.82) is 0 Å². The third-order valence-corrected chi connectivity index (χ3v) is 2.93. The van der Waals surface area contributed by atoms with Crippen molar-refractivity contribution in [3.63, 3.8) is 0 Å². The standard InChI is InChI=1S/C10H15BrN2O/c1-7(2)10(14)5-4-9-8(11)6-12-13(9)3/h6-7H,4-5H2,1-3H3. The highest BCUT2D eigenvalue weighted by molar-refractivity contribution is 9.10. The molecule has 0 saturated carbocycles. The third kappa shape index (κ3) is 2.67. The van der Waals surface area contributed by atoms with Gasteiger partial charge in [-0.25, -0.2) is 0 Å². The number of nitrogens with zero attached hydrogens (tertiary/aromatic N) is 2. The Bertz CT molecular complexity index is 311. The molecule has 0 amide bonds. The number of hydrogen-bond donors (Lipinski definition) is 0. The number of aromatic nitrogens is 2. The minimum atomic E-state index is 0.127. The monoisotopic (exact) mass is 258 g/mol. The van der Waals surface area contributed by atoms with E-state index in [1.807, 2.05) is 20.9 Å². The predicted molar refractivity (Wildman–Crippen MR) is 59.1 cm³/mol. The second-order valence-corrected chi connectivity index (χ2v) is 4.54. The van der Waals surface area contributed by atoms with Crippen molar-refractivity contribution < 1.29 is 4.79 Å². The number of aryl methyl sites for hydroxylation is 1. The second-order valence-electron chi connectivity index (χ2n) is 3.68. The molecule has 0 bridgehead atoms. The molecule has 0 fully saturated rings. The van der Waals surface area contributed by atoms with Crippen molar-refractivity contribution in [2.45, 2.75) is 26.7 Å². The zero-order chi connectivity index (χ0) is 10.7. The molecule has 1 heterocycles. The molecule has 1 aromatic heterocycles. The van der Waals surface area contributed by atoms with Crippen LogP contribution in [0.5, 0.6) is 0 Å². The summed E-state index contributed by atoms with van der Waals surface area (Å²) >= 11 is 3.41. The van der Waals surface area contributed by atoms with Crippen molar-refractivity contribution in [2.75, 3.05) is 0 Å². The third-order valence-electron chi connectivity index (χ3n) is 2.26. The normalized spacial score (nSPS) is 10.9. The lowest BCUT2D eigenvalue weighted by molar-refractivity contribution is -0.121. The topological polar surface area (TPSA) is 34.9 Å². The molecule has 0 aliphatic carbocycles. The average molecular weight is 259 g/mol. The smallest absolute Gasteiger partial charge is 0.135 e. The van der Waals surface area contributed by atoms with Crippen LogP contribution >= 0.6 is 15.9 Å². The van der Waals surface area contributed by atoms with Crippen molar-refractivity contribution >= 4 is 21.7 Å². The summed E-state index contributed by atoms with van der Waals surface area (Å²) in [5.41, 5.74) is 1.08. The van der Waals surface area contributed by atoms with Gasteiger partial charge in [0.1, 0.15) is 5.78 Å². The molecule has 0 N–H and O–H groups in total. The summed E-state index contributed by atoms with van der Waals surface area (Å²) in [7, 11) is 1.89. The average Bonchev–Trinajstić information content (AvgIpc) is 2.43. The van der Waals surface area contributed by atoms with Crippen LogP contribution in [0.25, 0.3) is 0 Å². The van der Waals surface area contributed by atoms with Gasteiger partial charge in [0.25, 0.3) is 0 Å². The molecule has 78 valence electrons. The zero-order valence-corrected chi connectivity index (χ0v) is 10.3. The van der Waals surface area contributed by atoms with Gasteiger partial charge in [-0.05, 0) is 22.4 Å². The van der Waals surface area contributed by atoms with E-state index in [9.17, 15) is 4.79 Å². The Labute approximate surface area is 92.6 Å². The molecule has 0 atom stereocenters. The number of ketones is 1. The maximum Gasteiger partial charge on any atom is 0.135 e. The van der Waals surface area contributed by atoms with Crippen LogP contribution in [0.1, 0.15) is 26.0 Å². The van der Waals surface area contributed by atoms with E-state index in [0.717, 1.165) is 16.6 Å². The molecule has 0 spiro atoms. The van der Waals surface area contributed by atoms with Gasteiger partial charge in [0.2, 0.25) is 0 Å². The quantitative estimate of drug-likeness (QED) is 0.831. The Kier molecular flexibility index (Phi) is 3.86. The predicted octanol–water partition coefficient (Wildman–Crippen LogP) is 2.34. The molecule has 0 radical (unpaired) electrons. The Morgan fingerprint density at radius 2 is 2.29 bits per heavy atom. The molecular weight excluding hydrogens is 244 g/mol. The highest BCUT2D eigenvalue weighted by atomic mass is 79.9. The number of Topliss-reactive ketones (excluding diaryl/α,β-unsaturated/α-hetero) is 1. The van der Waals surface area contributed by atoms with Gasteiger partial charge in [0.05, 0.1) is 16.4 Å². The van der Waals surface area contributed by atoms with E-state index in [1.165, 1.54) is 0 Å². The first-order chi connectivity index (χ1) is 6.52. The van der Waals surface area contributed by atoms with E-state index in [2.05, 4.69) is 21.0 Å². The van der Waals surface area contributed by atoms with Crippen LogP contribution < -0.4 is 0 Å². The summed E-state index contributed by atoms with van der Waals surface area (Å²) in [6.07, 6.45) is 3.11. The van der Waals surface area contributed by atoms with Gasteiger partial charge < -0.3 is 0 Å². The van der Waals surface area contributed by atoms with E-state index in [4.69, 9.17) is 0 Å². The van der Waals surface area contributed by atoms with Gasteiger partial charge in [-0.3, -0.25) is 9.48 Å². The van der Waals surface area contributed by atoms with Gasteiger partial charge in [0, 0.05) is 19.4 Å². The van der Waals surface area contributed by atoms with Gasteiger partial charge in [0.15, 0.2) is 0 Å². The summed E-state index contributed by atoms with van der Waals surface area (Å²) in [4.78, 5) is 11.4. The van der Waals surface area contributed by atoms with E-state index in [-0.39, 0.29) is 5.92 Å². The van der Waals surface area contributed by atoms with Gasteiger partial charge in [-0.15, -0.1) is 0 Å². The summed E-state index contributed by atoms with van der Waals surface area (Å²) < 4.78 is 2.79. The minimum Gasteiger partial charge on any atom is -0.299 e. The lowest BCUT2D eigenvalue weighted by atomic mass is 10.0. The number of carbonyl (C=O) groups excluding carboxylic acids is 1. The van der Waals surface area contributed by atoms with E-state index >= 15 is 0 Å². The number of carbonyl (C=O) groups is 1. The number of halogens is 1. The van der Waals surface area contributed by atoms with Crippen molar-refractivity contribution in [3.05, 3.63) is 16.4 Å². The van der Waals surface area contributed by atoms with Gasteiger partial charge in [-0.2, -0.15) is 5.10 Å². The summed E-state index contributed by atoms with van der Waals surface area (Å²) in [5.74, 6) is 0.431. The maximum absolute atomic E-state index is 11.4. The molecule has 1 aromatic rings. The molecule has 0 aliphatic rings. The van der Waals surface area contributed by atoms with Crippen LogP contribution in [-0.4, -0.2) is 15.6 Å². The molecule has 14 heavy (non-hydrogen) atoms. The van der Waals surface area contributed by atoms with Crippen molar-refractivity contribution in [1.82, 2.24) is 9.78 Å². The fourth-order valence-corrected chi connectivity index (χ4v) is 1.79. The van der Waals surface area contributed by atoms with Gasteiger partial charge >= 0.3 is 0 Å². The van der Waals surface area contributed by atoms with Gasteiger partial charge in [-0.1, -0.05) is 13.8 Å². The van der Waals surface area contributed by atoms with Crippen molar-refractivity contribution in [3.8, 4) is 0 Å². The van der Waals surface area contributed by atoms with E-state index < -0.39 is 0 Å². The lowest BCUT2D eigenvalue weighted by Gasteiger charge is -2.04. The number of rotatable bonds is 4. The van der Waals surface area contributed by atoms with Crippen LogP contribution in [0.15, 0.2) is 10.7 Å². The molecule has 3 nitrogen and oxygen atoms in total. The Morgan fingerprint density at radius 3 is 2.71 bits per heavy atom. The molecule has 0 aromatic carbocycles. The zero-order valence-electron chi connectivity index (χ0n) is 8.75. The molecule has 0 unspecified atom stereocenters. The molecule has 4 heteroatoms.